The van der Waals surface area contributed by atoms with Crippen molar-refractivity contribution in [2.75, 3.05) is 18.1 Å². The van der Waals surface area contributed by atoms with E-state index >= 15 is 0 Å². The first-order chi connectivity index (χ1) is 12.1. The zero-order valence-electron chi connectivity index (χ0n) is 13.8. The zero-order valence-corrected chi connectivity index (χ0v) is 13.8. The molecule has 25 heavy (non-hydrogen) atoms. The third-order valence-electron chi connectivity index (χ3n) is 4.02. The quantitative estimate of drug-likeness (QED) is 0.683. The number of hydrogen-bond donors (Lipinski definition) is 0. The molecule has 1 aliphatic carbocycles. The molecule has 2 aromatic carbocycles. The number of ketones is 2. The summed E-state index contributed by atoms with van der Waals surface area (Å²) in [5.41, 5.74) is 1.59. The Bertz CT molecular complexity index is 885. The van der Waals surface area contributed by atoms with Crippen molar-refractivity contribution in [2.45, 2.75) is 6.92 Å². The topological polar surface area (TPSA) is 63.7 Å². The molecule has 0 bridgehead atoms. The van der Waals surface area contributed by atoms with Gasteiger partial charge in [-0.05, 0) is 13.0 Å². The average Bonchev–Trinajstić information content (AvgIpc) is 2.64. The van der Waals surface area contributed by atoms with Gasteiger partial charge < -0.3 is 4.74 Å². The molecule has 3 rings (SSSR count). The summed E-state index contributed by atoms with van der Waals surface area (Å²) < 4.78 is 5.08. The highest BCUT2D eigenvalue weighted by atomic mass is 16.6. The van der Waals surface area contributed by atoms with Crippen LogP contribution in [0, 0.1) is 0 Å². The summed E-state index contributed by atoms with van der Waals surface area (Å²) in [6.07, 6.45) is 0.953. The Hall–Kier alpha value is -3.21. The van der Waals surface area contributed by atoms with Crippen molar-refractivity contribution in [1.82, 2.24) is 0 Å². The van der Waals surface area contributed by atoms with E-state index in [4.69, 9.17) is 4.74 Å². The molecule has 0 saturated carbocycles. The van der Waals surface area contributed by atoms with Crippen LogP contribution in [-0.4, -0.2) is 30.8 Å². The molecule has 0 aromatic heterocycles. The summed E-state index contributed by atoms with van der Waals surface area (Å²) in [4.78, 5) is 39.4. The van der Waals surface area contributed by atoms with Gasteiger partial charge in [0.05, 0.1) is 17.9 Å². The number of nitrogens with zero attached hydrogens (tertiary/aromatic N) is 1. The van der Waals surface area contributed by atoms with Crippen molar-refractivity contribution in [1.29, 1.82) is 0 Å². The van der Waals surface area contributed by atoms with Gasteiger partial charge in [0, 0.05) is 23.2 Å². The highest BCUT2D eigenvalue weighted by molar-refractivity contribution is 6.30. The Labute approximate surface area is 145 Å². The number of fused-ring (bicyclic) bond motifs is 2. The van der Waals surface area contributed by atoms with Crippen molar-refractivity contribution >= 4 is 23.3 Å². The van der Waals surface area contributed by atoms with Crippen LogP contribution in [0.15, 0.2) is 55.1 Å². The maximum Gasteiger partial charge on any atom is 0.414 e. The Morgan fingerprint density at radius 3 is 2.32 bits per heavy atom. The summed E-state index contributed by atoms with van der Waals surface area (Å²) >= 11 is 0. The fraction of sp³-hybridized carbons (Fsp3) is 0.150. The number of amides is 1. The molecule has 0 atom stereocenters. The van der Waals surface area contributed by atoms with Crippen LogP contribution in [0.4, 0.5) is 10.5 Å². The molecule has 0 spiro atoms. The maximum atomic E-state index is 13.0. The third-order valence-corrected chi connectivity index (χ3v) is 4.02. The largest absolute Gasteiger partial charge is 0.449 e. The minimum absolute atomic E-state index is 0.165. The van der Waals surface area contributed by atoms with Gasteiger partial charge in [-0.25, -0.2) is 4.79 Å². The Balaban J connectivity index is 2.19. The van der Waals surface area contributed by atoms with Gasteiger partial charge in [0.2, 0.25) is 0 Å². The first kappa shape index (κ1) is 16.6. The first-order valence-corrected chi connectivity index (χ1v) is 7.96. The van der Waals surface area contributed by atoms with Crippen LogP contribution in [0.1, 0.15) is 38.8 Å². The predicted molar refractivity (Wildman–Crippen MR) is 94.3 cm³/mol. The molecular formula is C20H17NO4. The van der Waals surface area contributed by atoms with Crippen molar-refractivity contribution in [2.24, 2.45) is 0 Å². The number of carbonyl (C=O) groups is 3. The van der Waals surface area contributed by atoms with Gasteiger partial charge in [0.15, 0.2) is 11.6 Å². The zero-order chi connectivity index (χ0) is 18.0. The molecule has 5 heteroatoms. The average molecular weight is 335 g/mol. The van der Waals surface area contributed by atoms with E-state index in [2.05, 4.69) is 6.58 Å². The van der Waals surface area contributed by atoms with Crippen molar-refractivity contribution in [3.05, 3.63) is 77.4 Å². The fourth-order valence-corrected chi connectivity index (χ4v) is 2.95. The molecule has 0 saturated heterocycles. The minimum atomic E-state index is -0.588. The van der Waals surface area contributed by atoms with Crippen molar-refractivity contribution < 1.29 is 19.1 Å². The van der Waals surface area contributed by atoms with E-state index < -0.39 is 6.09 Å². The lowest BCUT2D eigenvalue weighted by Gasteiger charge is -2.26. The molecule has 5 nitrogen and oxygen atoms in total. The first-order valence-electron chi connectivity index (χ1n) is 7.96. The fourth-order valence-electron chi connectivity index (χ4n) is 2.95. The summed E-state index contributed by atoms with van der Waals surface area (Å²) in [5, 5.41) is 0. The number of ether oxygens (including phenoxy) is 1. The molecule has 0 unspecified atom stereocenters. The van der Waals surface area contributed by atoms with Crippen LogP contribution in [0.5, 0.6) is 0 Å². The van der Waals surface area contributed by atoms with Gasteiger partial charge in [-0.15, -0.1) is 6.58 Å². The van der Waals surface area contributed by atoms with Crippen molar-refractivity contribution in [3.8, 4) is 0 Å². The number of hydrogen-bond acceptors (Lipinski definition) is 4. The standard InChI is InChI=1S/C20H17NO4/c1-3-12-21(20(24)25-4-2)16-11-7-10-15-17(16)19(23)14-9-6-5-8-13(14)18(15)22/h3,5-11H,1,4,12H2,2H3. The van der Waals surface area contributed by atoms with E-state index in [1.165, 1.54) is 4.90 Å². The van der Waals surface area contributed by atoms with Gasteiger partial charge in [-0.3, -0.25) is 14.5 Å². The Kier molecular flexibility index (Phi) is 4.48. The molecule has 0 radical (unpaired) electrons. The summed E-state index contributed by atoms with van der Waals surface area (Å²) in [6.45, 7) is 5.72. The lowest BCUT2D eigenvalue weighted by molar-refractivity contribution is 0.0979. The summed E-state index contributed by atoms with van der Waals surface area (Å²) in [7, 11) is 0. The monoisotopic (exact) mass is 335 g/mol. The van der Waals surface area contributed by atoms with E-state index in [0.717, 1.165) is 0 Å². The third kappa shape index (κ3) is 2.74. The van der Waals surface area contributed by atoms with Gasteiger partial charge >= 0.3 is 6.09 Å². The Morgan fingerprint density at radius 2 is 1.68 bits per heavy atom. The molecular weight excluding hydrogens is 318 g/mol. The molecule has 2 aromatic rings. The second-order valence-corrected chi connectivity index (χ2v) is 5.50. The Morgan fingerprint density at radius 1 is 1.04 bits per heavy atom. The van der Waals surface area contributed by atoms with Gasteiger partial charge in [0.1, 0.15) is 0 Å². The van der Waals surface area contributed by atoms with Crippen LogP contribution in [0.3, 0.4) is 0 Å². The maximum absolute atomic E-state index is 13.0. The molecule has 0 aliphatic heterocycles. The molecule has 0 fully saturated rings. The lowest BCUT2D eigenvalue weighted by Crippen LogP contribution is -2.34. The molecule has 0 N–H and O–H groups in total. The molecule has 1 aliphatic rings. The van der Waals surface area contributed by atoms with Gasteiger partial charge in [0.25, 0.3) is 0 Å². The predicted octanol–water partition coefficient (Wildman–Crippen LogP) is 3.61. The summed E-state index contributed by atoms with van der Waals surface area (Å²) in [5.74, 6) is -0.506. The highest BCUT2D eigenvalue weighted by Gasteiger charge is 2.33. The SMILES string of the molecule is C=CCN(C(=O)OCC)c1cccc2c1C(=O)c1ccccc1C2=O. The van der Waals surface area contributed by atoms with Crippen LogP contribution in [-0.2, 0) is 4.74 Å². The number of carbonyl (C=O) groups excluding carboxylic acids is 3. The van der Waals surface area contributed by atoms with Gasteiger partial charge in [-0.1, -0.05) is 42.5 Å². The van der Waals surface area contributed by atoms with Crippen molar-refractivity contribution in [3.63, 3.8) is 0 Å². The van der Waals surface area contributed by atoms with E-state index in [1.807, 2.05) is 0 Å². The smallest absolute Gasteiger partial charge is 0.414 e. The van der Waals surface area contributed by atoms with Crippen LogP contribution < -0.4 is 4.90 Å². The molecule has 126 valence electrons. The minimum Gasteiger partial charge on any atom is -0.449 e. The van der Waals surface area contributed by atoms with E-state index in [-0.39, 0.29) is 30.3 Å². The van der Waals surface area contributed by atoms with E-state index in [0.29, 0.717) is 22.4 Å². The van der Waals surface area contributed by atoms with Crippen LogP contribution in [0.2, 0.25) is 0 Å². The molecule has 1 amide bonds. The highest BCUT2D eigenvalue weighted by Crippen LogP contribution is 2.34. The normalized spacial score (nSPS) is 12.2. The second-order valence-electron chi connectivity index (χ2n) is 5.50. The number of anilines is 1. The summed E-state index contributed by atoms with van der Waals surface area (Å²) in [6, 6.07) is 11.6. The lowest BCUT2D eigenvalue weighted by atomic mass is 9.83. The number of benzene rings is 2. The molecule has 0 heterocycles. The van der Waals surface area contributed by atoms with Gasteiger partial charge in [-0.2, -0.15) is 0 Å². The van der Waals surface area contributed by atoms with E-state index in [9.17, 15) is 14.4 Å². The van der Waals surface area contributed by atoms with Crippen LogP contribution >= 0.6 is 0 Å². The van der Waals surface area contributed by atoms with E-state index in [1.54, 1.807) is 55.5 Å². The van der Waals surface area contributed by atoms with Crippen LogP contribution in [0.25, 0.3) is 0 Å². The second kappa shape index (κ2) is 6.73. The number of rotatable bonds is 4.